The summed E-state index contributed by atoms with van der Waals surface area (Å²) < 4.78 is 27.5. The number of rotatable bonds is 3. The van der Waals surface area contributed by atoms with Crippen LogP contribution in [0.25, 0.3) is 0 Å². The summed E-state index contributed by atoms with van der Waals surface area (Å²) in [6.07, 6.45) is 0.436. The summed E-state index contributed by atoms with van der Waals surface area (Å²) in [6.45, 7) is 1.95. The highest BCUT2D eigenvalue weighted by molar-refractivity contribution is 7.89. The van der Waals surface area contributed by atoms with Gasteiger partial charge in [-0.25, -0.2) is 8.42 Å². The van der Waals surface area contributed by atoms with Gasteiger partial charge in [-0.2, -0.15) is 9.40 Å². The van der Waals surface area contributed by atoms with Crippen molar-refractivity contribution < 1.29 is 13.2 Å². The van der Waals surface area contributed by atoms with Gasteiger partial charge in [0.25, 0.3) is 0 Å². The average molecular weight is 307 g/mol. The SMILES string of the molecule is Cc1nn(C)c(Cl)c1S(=O)(=O)N1CC[C@H](C(N)=O)C1. The number of sulfonamides is 1. The number of carbonyl (C=O) groups excluding carboxylic acids is 1. The Balaban J connectivity index is 2.37. The van der Waals surface area contributed by atoms with Gasteiger partial charge in [-0.3, -0.25) is 9.48 Å². The van der Waals surface area contributed by atoms with E-state index in [0.717, 1.165) is 0 Å². The molecule has 0 aromatic carbocycles. The lowest BCUT2D eigenvalue weighted by molar-refractivity contribution is -0.121. The Morgan fingerprint density at radius 3 is 2.58 bits per heavy atom. The van der Waals surface area contributed by atoms with E-state index in [4.69, 9.17) is 17.3 Å². The number of nitrogens with zero attached hydrogens (tertiary/aromatic N) is 3. The number of hydrogen-bond donors (Lipinski definition) is 1. The lowest BCUT2D eigenvalue weighted by atomic mass is 10.1. The molecular weight excluding hydrogens is 292 g/mol. The number of aryl methyl sites for hydroxylation is 2. The van der Waals surface area contributed by atoms with E-state index < -0.39 is 21.8 Å². The number of aromatic nitrogens is 2. The lowest BCUT2D eigenvalue weighted by Crippen LogP contribution is -2.32. The second kappa shape index (κ2) is 4.77. The molecule has 106 valence electrons. The first-order chi connectivity index (χ1) is 8.75. The van der Waals surface area contributed by atoms with Crippen molar-refractivity contribution in [1.29, 1.82) is 0 Å². The zero-order valence-electron chi connectivity index (χ0n) is 10.6. The summed E-state index contributed by atoms with van der Waals surface area (Å²) in [7, 11) is -2.16. The predicted molar refractivity (Wildman–Crippen MR) is 69.0 cm³/mol. The van der Waals surface area contributed by atoms with Gasteiger partial charge in [0, 0.05) is 20.1 Å². The van der Waals surface area contributed by atoms with Crippen molar-refractivity contribution >= 4 is 27.5 Å². The third kappa shape index (κ3) is 2.35. The molecular formula is C10H15ClN4O3S. The molecule has 0 radical (unpaired) electrons. The van der Waals surface area contributed by atoms with Crippen LogP contribution in [-0.2, 0) is 21.9 Å². The highest BCUT2D eigenvalue weighted by atomic mass is 35.5. The Kier molecular flexibility index (Phi) is 3.59. The van der Waals surface area contributed by atoms with Crippen LogP contribution in [0.2, 0.25) is 5.15 Å². The molecule has 1 aromatic rings. The van der Waals surface area contributed by atoms with E-state index >= 15 is 0 Å². The second-order valence-corrected chi connectivity index (χ2v) is 6.81. The molecule has 0 unspecified atom stereocenters. The van der Waals surface area contributed by atoms with Crippen molar-refractivity contribution in [1.82, 2.24) is 14.1 Å². The summed E-state index contributed by atoms with van der Waals surface area (Å²) in [5.41, 5.74) is 5.55. The maximum absolute atomic E-state index is 12.5. The highest BCUT2D eigenvalue weighted by Crippen LogP contribution is 2.30. The maximum atomic E-state index is 12.5. The van der Waals surface area contributed by atoms with Crippen molar-refractivity contribution in [3.8, 4) is 0 Å². The predicted octanol–water partition coefficient (Wildman–Crippen LogP) is -0.122. The van der Waals surface area contributed by atoms with Crippen LogP contribution in [0.15, 0.2) is 4.90 Å². The van der Waals surface area contributed by atoms with Crippen molar-refractivity contribution in [2.24, 2.45) is 18.7 Å². The van der Waals surface area contributed by atoms with Crippen molar-refractivity contribution in [3.05, 3.63) is 10.8 Å². The first-order valence-corrected chi connectivity index (χ1v) is 7.55. The smallest absolute Gasteiger partial charge is 0.248 e. The number of hydrogen-bond acceptors (Lipinski definition) is 4. The number of carbonyl (C=O) groups is 1. The minimum atomic E-state index is -3.74. The van der Waals surface area contributed by atoms with E-state index in [1.54, 1.807) is 14.0 Å². The van der Waals surface area contributed by atoms with Crippen LogP contribution in [0.3, 0.4) is 0 Å². The molecule has 2 N–H and O–H groups in total. The van der Waals surface area contributed by atoms with Gasteiger partial charge in [-0.05, 0) is 13.3 Å². The summed E-state index contributed by atoms with van der Waals surface area (Å²) in [4.78, 5) is 11.1. The third-order valence-electron chi connectivity index (χ3n) is 3.25. The normalized spacial score (nSPS) is 20.9. The average Bonchev–Trinajstić information content (AvgIpc) is 2.85. The van der Waals surface area contributed by atoms with Crippen LogP contribution in [-0.4, -0.2) is 41.5 Å². The van der Waals surface area contributed by atoms with Crippen molar-refractivity contribution in [2.75, 3.05) is 13.1 Å². The molecule has 2 rings (SSSR count). The summed E-state index contributed by atoms with van der Waals surface area (Å²) in [5, 5.41) is 4.06. The number of halogens is 1. The molecule has 2 heterocycles. The van der Waals surface area contributed by atoms with Gasteiger partial charge in [0.2, 0.25) is 15.9 Å². The molecule has 0 saturated carbocycles. The fourth-order valence-corrected chi connectivity index (χ4v) is 4.42. The van der Waals surface area contributed by atoms with Gasteiger partial charge in [0.05, 0.1) is 11.6 Å². The Morgan fingerprint density at radius 2 is 2.16 bits per heavy atom. The van der Waals surface area contributed by atoms with Gasteiger partial charge in [0.15, 0.2) is 0 Å². The van der Waals surface area contributed by atoms with Crippen molar-refractivity contribution in [3.63, 3.8) is 0 Å². The summed E-state index contributed by atoms with van der Waals surface area (Å²) in [5.74, 6) is -0.919. The zero-order valence-corrected chi connectivity index (χ0v) is 12.2. The fraction of sp³-hybridized carbons (Fsp3) is 0.600. The molecule has 1 fully saturated rings. The van der Waals surface area contributed by atoms with Crippen LogP contribution in [0.5, 0.6) is 0 Å². The van der Waals surface area contributed by atoms with Gasteiger partial charge in [0.1, 0.15) is 10.0 Å². The first kappa shape index (κ1) is 14.3. The van der Waals surface area contributed by atoms with Crippen LogP contribution in [0.1, 0.15) is 12.1 Å². The standard InChI is InChI=1S/C10H15ClN4O3S/c1-6-8(9(11)14(2)13-6)19(17,18)15-4-3-7(5-15)10(12)16/h7H,3-5H2,1-2H3,(H2,12,16)/t7-/m0/s1. The van der Waals surface area contributed by atoms with E-state index in [9.17, 15) is 13.2 Å². The van der Waals surface area contributed by atoms with Crippen LogP contribution in [0, 0.1) is 12.8 Å². The number of amides is 1. The molecule has 7 nitrogen and oxygen atoms in total. The fourth-order valence-electron chi connectivity index (χ4n) is 2.21. The molecule has 1 saturated heterocycles. The molecule has 9 heteroatoms. The molecule has 1 atom stereocenters. The van der Waals surface area contributed by atoms with E-state index in [1.807, 2.05) is 0 Å². The van der Waals surface area contributed by atoms with Gasteiger partial charge >= 0.3 is 0 Å². The van der Waals surface area contributed by atoms with Crippen LogP contribution in [0.4, 0.5) is 0 Å². The minimum absolute atomic E-state index is 0.00165. The van der Waals surface area contributed by atoms with E-state index in [-0.39, 0.29) is 23.1 Å². The minimum Gasteiger partial charge on any atom is -0.369 e. The topological polar surface area (TPSA) is 98.3 Å². The highest BCUT2D eigenvalue weighted by Gasteiger charge is 2.38. The Morgan fingerprint density at radius 1 is 1.53 bits per heavy atom. The van der Waals surface area contributed by atoms with Crippen molar-refractivity contribution in [2.45, 2.75) is 18.2 Å². The lowest BCUT2D eigenvalue weighted by Gasteiger charge is -2.15. The Labute approximate surface area is 116 Å². The molecule has 1 aromatic heterocycles. The third-order valence-corrected chi connectivity index (χ3v) is 5.81. The van der Waals surface area contributed by atoms with Gasteiger partial charge < -0.3 is 5.73 Å². The number of primary amides is 1. The quantitative estimate of drug-likeness (QED) is 0.841. The van der Waals surface area contributed by atoms with Crippen LogP contribution >= 0.6 is 11.6 Å². The van der Waals surface area contributed by atoms with Gasteiger partial charge in [-0.1, -0.05) is 11.6 Å². The summed E-state index contributed by atoms with van der Waals surface area (Å²) in [6, 6.07) is 0. The monoisotopic (exact) mass is 306 g/mol. The second-order valence-electron chi connectivity index (χ2n) is 4.58. The van der Waals surface area contributed by atoms with E-state index in [1.165, 1.54) is 8.99 Å². The van der Waals surface area contributed by atoms with Gasteiger partial charge in [-0.15, -0.1) is 0 Å². The molecule has 1 aliphatic rings. The first-order valence-electron chi connectivity index (χ1n) is 5.73. The largest absolute Gasteiger partial charge is 0.369 e. The molecule has 0 bridgehead atoms. The molecule has 19 heavy (non-hydrogen) atoms. The number of nitrogens with two attached hydrogens (primary N) is 1. The van der Waals surface area contributed by atoms with E-state index in [2.05, 4.69) is 5.10 Å². The molecule has 0 aliphatic carbocycles. The Hall–Kier alpha value is -1.12. The summed E-state index contributed by atoms with van der Waals surface area (Å²) >= 11 is 5.98. The zero-order chi connectivity index (χ0) is 14.4. The maximum Gasteiger partial charge on any atom is 0.248 e. The van der Waals surface area contributed by atoms with E-state index in [0.29, 0.717) is 12.1 Å². The van der Waals surface area contributed by atoms with Crippen LogP contribution < -0.4 is 5.73 Å². The molecule has 1 amide bonds. The molecule has 1 aliphatic heterocycles. The Bertz CT molecular complexity index is 625. The molecule has 0 spiro atoms.